The Morgan fingerprint density at radius 1 is 1.53 bits per heavy atom. The Labute approximate surface area is 95.7 Å². The molecule has 1 fully saturated rings. The fourth-order valence-electron chi connectivity index (χ4n) is 1.57. The molecule has 1 saturated carbocycles. The molecule has 1 aromatic rings. The van der Waals surface area contributed by atoms with E-state index in [2.05, 4.69) is 27.3 Å². The number of unbranched alkanes of at least 4 members (excludes halogenated alkanes) is 1. The van der Waals surface area contributed by atoms with Crippen molar-refractivity contribution in [2.24, 2.45) is 0 Å². The maximum absolute atomic E-state index is 4.34. The van der Waals surface area contributed by atoms with Crippen LogP contribution in [0.15, 0.2) is 12.4 Å². The van der Waals surface area contributed by atoms with Crippen molar-refractivity contribution in [2.45, 2.75) is 38.3 Å². The Bertz CT molecular complexity index is 294. The summed E-state index contributed by atoms with van der Waals surface area (Å²) < 4.78 is 2.23. The van der Waals surface area contributed by atoms with Gasteiger partial charge in [0.25, 0.3) is 0 Å². The van der Waals surface area contributed by atoms with Crippen LogP contribution in [0.25, 0.3) is 0 Å². The molecule has 0 amide bonds. The van der Waals surface area contributed by atoms with E-state index >= 15 is 0 Å². The molecule has 1 aromatic heterocycles. The second kappa shape index (κ2) is 5.45. The van der Waals surface area contributed by atoms with Crippen LogP contribution in [-0.4, -0.2) is 27.6 Å². The van der Waals surface area contributed by atoms with Crippen LogP contribution >= 0.6 is 11.8 Å². The van der Waals surface area contributed by atoms with Gasteiger partial charge in [0, 0.05) is 25.0 Å². The molecule has 1 N–H and O–H groups in total. The van der Waals surface area contributed by atoms with Gasteiger partial charge in [-0.15, -0.1) is 0 Å². The molecule has 2 rings (SSSR count). The van der Waals surface area contributed by atoms with Gasteiger partial charge in [0.05, 0.1) is 0 Å². The van der Waals surface area contributed by atoms with E-state index in [1.807, 2.05) is 18.0 Å². The highest BCUT2D eigenvalue weighted by Gasteiger charge is 2.22. The summed E-state index contributed by atoms with van der Waals surface area (Å²) in [6, 6.07) is 0.692. The number of rotatable bonds is 7. The van der Waals surface area contributed by atoms with Crippen molar-refractivity contribution in [1.82, 2.24) is 9.55 Å². The van der Waals surface area contributed by atoms with Crippen LogP contribution in [0.2, 0.25) is 0 Å². The van der Waals surface area contributed by atoms with E-state index in [1.54, 1.807) is 0 Å². The first kappa shape index (κ1) is 10.9. The lowest BCUT2D eigenvalue weighted by Gasteiger charge is -2.08. The van der Waals surface area contributed by atoms with Crippen molar-refractivity contribution in [3.05, 3.63) is 12.4 Å². The summed E-state index contributed by atoms with van der Waals surface area (Å²) in [5.74, 6) is 2.32. The molecule has 4 heteroatoms. The molecule has 0 aromatic carbocycles. The van der Waals surface area contributed by atoms with Crippen LogP contribution in [0.3, 0.4) is 0 Å². The fourth-order valence-corrected chi connectivity index (χ4v) is 2.06. The van der Waals surface area contributed by atoms with E-state index in [0.29, 0.717) is 6.04 Å². The number of anilines is 1. The number of aryl methyl sites for hydroxylation is 1. The normalized spacial score (nSPS) is 15.5. The minimum absolute atomic E-state index is 0.692. The Hall–Kier alpha value is -0.640. The highest BCUT2D eigenvalue weighted by molar-refractivity contribution is 7.98. The van der Waals surface area contributed by atoms with Crippen molar-refractivity contribution in [1.29, 1.82) is 0 Å². The molecule has 1 aliphatic rings. The third-order valence-corrected chi connectivity index (χ3v) is 3.32. The van der Waals surface area contributed by atoms with Gasteiger partial charge in [0.1, 0.15) is 0 Å². The van der Waals surface area contributed by atoms with Crippen molar-refractivity contribution < 1.29 is 0 Å². The molecule has 15 heavy (non-hydrogen) atoms. The smallest absolute Gasteiger partial charge is 0.202 e. The Kier molecular flexibility index (Phi) is 3.94. The molecule has 0 saturated heterocycles. The van der Waals surface area contributed by atoms with E-state index in [9.17, 15) is 0 Å². The first-order valence-electron chi connectivity index (χ1n) is 5.67. The van der Waals surface area contributed by atoms with E-state index < -0.39 is 0 Å². The summed E-state index contributed by atoms with van der Waals surface area (Å²) in [6.45, 7) is 1.09. The highest BCUT2D eigenvalue weighted by atomic mass is 32.2. The monoisotopic (exact) mass is 225 g/mol. The SMILES string of the molecule is CSCCCCn1ccnc1NC1CC1. The predicted octanol–water partition coefficient (Wildman–Crippen LogP) is 2.60. The van der Waals surface area contributed by atoms with Gasteiger partial charge >= 0.3 is 0 Å². The zero-order chi connectivity index (χ0) is 10.5. The van der Waals surface area contributed by atoms with Gasteiger partial charge < -0.3 is 9.88 Å². The summed E-state index contributed by atoms with van der Waals surface area (Å²) in [4.78, 5) is 4.34. The molecule has 0 atom stereocenters. The molecular formula is C11H19N3S. The van der Waals surface area contributed by atoms with Crippen LogP contribution < -0.4 is 5.32 Å². The molecule has 0 bridgehead atoms. The number of nitrogens with one attached hydrogen (secondary N) is 1. The highest BCUT2D eigenvalue weighted by Crippen LogP contribution is 2.23. The molecule has 1 heterocycles. The second-order valence-corrected chi connectivity index (χ2v) is 5.05. The lowest BCUT2D eigenvalue weighted by atomic mass is 10.3. The Balaban J connectivity index is 1.76. The third-order valence-electron chi connectivity index (χ3n) is 2.62. The Morgan fingerprint density at radius 3 is 3.13 bits per heavy atom. The molecular weight excluding hydrogens is 206 g/mol. The van der Waals surface area contributed by atoms with Crippen molar-refractivity contribution >= 4 is 17.7 Å². The molecule has 0 unspecified atom stereocenters. The molecule has 1 aliphatic carbocycles. The first-order valence-corrected chi connectivity index (χ1v) is 7.06. The maximum Gasteiger partial charge on any atom is 0.202 e. The molecule has 0 aliphatic heterocycles. The Morgan fingerprint density at radius 2 is 2.40 bits per heavy atom. The van der Waals surface area contributed by atoms with Crippen molar-refractivity contribution in [2.75, 3.05) is 17.3 Å². The van der Waals surface area contributed by atoms with Gasteiger partial charge in [-0.1, -0.05) is 0 Å². The van der Waals surface area contributed by atoms with Crippen LogP contribution in [0, 0.1) is 0 Å². The third kappa shape index (κ3) is 3.45. The largest absolute Gasteiger partial charge is 0.353 e. The van der Waals surface area contributed by atoms with Gasteiger partial charge in [-0.05, 0) is 37.7 Å². The zero-order valence-corrected chi connectivity index (χ0v) is 10.1. The van der Waals surface area contributed by atoms with Gasteiger partial charge in [0.2, 0.25) is 5.95 Å². The summed E-state index contributed by atoms with van der Waals surface area (Å²) in [7, 11) is 0. The summed E-state index contributed by atoms with van der Waals surface area (Å²) >= 11 is 1.92. The van der Waals surface area contributed by atoms with E-state index in [1.165, 1.54) is 31.4 Å². The predicted molar refractivity (Wildman–Crippen MR) is 66.5 cm³/mol. The van der Waals surface area contributed by atoms with Crippen LogP contribution in [-0.2, 0) is 6.54 Å². The maximum atomic E-state index is 4.34. The average molecular weight is 225 g/mol. The number of hydrogen-bond donors (Lipinski definition) is 1. The van der Waals surface area contributed by atoms with E-state index in [0.717, 1.165) is 12.5 Å². The van der Waals surface area contributed by atoms with Gasteiger partial charge in [-0.25, -0.2) is 4.98 Å². The number of imidazole rings is 1. The van der Waals surface area contributed by atoms with Crippen LogP contribution in [0.5, 0.6) is 0 Å². The summed E-state index contributed by atoms with van der Waals surface area (Å²) in [5.41, 5.74) is 0. The number of thioether (sulfide) groups is 1. The average Bonchev–Trinajstić information content (AvgIpc) is 2.94. The summed E-state index contributed by atoms with van der Waals surface area (Å²) in [6.07, 6.45) is 11.3. The summed E-state index contributed by atoms with van der Waals surface area (Å²) in [5, 5.41) is 3.45. The van der Waals surface area contributed by atoms with Gasteiger partial charge in [-0.2, -0.15) is 11.8 Å². The molecule has 0 spiro atoms. The van der Waals surface area contributed by atoms with E-state index in [-0.39, 0.29) is 0 Å². The lowest BCUT2D eigenvalue weighted by molar-refractivity contribution is 0.638. The minimum atomic E-state index is 0.692. The molecule has 0 radical (unpaired) electrons. The standard InChI is InChI=1S/C11H19N3S/c1-15-9-3-2-7-14-8-6-12-11(14)13-10-4-5-10/h6,8,10H,2-5,7,9H2,1H3,(H,12,13). The first-order chi connectivity index (χ1) is 7.40. The minimum Gasteiger partial charge on any atom is -0.353 e. The van der Waals surface area contributed by atoms with Gasteiger partial charge in [0.15, 0.2) is 0 Å². The van der Waals surface area contributed by atoms with Crippen molar-refractivity contribution in [3.8, 4) is 0 Å². The van der Waals surface area contributed by atoms with E-state index in [4.69, 9.17) is 0 Å². The molecule has 3 nitrogen and oxygen atoms in total. The van der Waals surface area contributed by atoms with Gasteiger partial charge in [-0.3, -0.25) is 0 Å². The van der Waals surface area contributed by atoms with Crippen LogP contribution in [0.4, 0.5) is 5.95 Å². The van der Waals surface area contributed by atoms with Crippen LogP contribution in [0.1, 0.15) is 25.7 Å². The topological polar surface area (TPSA) is 29.9 Å². The fraction of sp³-hybridized carbons (Fsp3) is 0.727. The van der Waals surface area contributed by atoms with Crippen molar-refractivity contribution in [3.63, 3.8) is 0 Å². The number of hydrogen-bond acceptors (Lipinski definition) is 3. The number of nitrogens with zero attached hydrogens (tertiary/aromatic N) is 2. The molecule has 84 valence electrons. The second-order valence-electron chi connectivity index (χ2n) is 4.06. The lowest BCUT2D eigenvalue weighted by Crippen LogP contribution is -2.09. The quantitative estimate of drug-likeness (QED) is 0.723. The zero-order valence-electron chi connectivity index (χ0n) is 9.28. The number of aromatic nitrogens is 2.